The van der Waals surface area contributed by atoms with Gasteiger partial charge in [-0.05, 0) is 20.3 Å². The Balaban J connectivity index is 6.61. The summed E-state index contributed by atoms with van der Waals surface area (Å²) in [4.78, 5) is 8.85. The highest BCUT2D eigenvalue weighted by Gasteiger charge is 2.82. The minimum atomic E-state index is -6.99. The molecule has 7 nitrogen and oxygen atoms in total. The fraction of sp³-hybridized carbons (Fsp3) is 0.727. The number of Topliss-reactive ketones (excluding diaryl/α,β-unsaturated/α-hetero) is 1. The van der Waals surface area contributed by atoms with Gasteiger partial charge in [0.15, 0.2) is 10.7 Å². The molecule has 0 rings (SSSR count). The van der Waals surface area contributed by atoms with Crippen LogP contribution in [0.2, 0.25) is 0 Å². The number of allylic oxidation sites excluding steroid dienone is 2. The van der Waals surface area contributed by atoms with E-state index in [-0.39, 0.29) is 6.42 Å². The molecule has 0 fully saturated rings. The molecule has 0 saturated carbocycles. The zero-order valence-electron chi connectivity index (χ0n) is 13.5. The van der Waals surface area contributed by atoms with Gasteiger partial charge in [0.05, 0.1) is 0 Å². The van der Waals surface area contributed by atoms with Crippen molar-refractivity contribution >= 4 is 25.6 Å². The van der Waals surface area contributed by atoms with E-state index in [4.69, 9.17) is 5.11 Å². The molecule has 0 spiro atoms. The maximum absolute atomic E-state index is 13.9. The Labute approximate surface area is 145 Å². The quantitative estimate of drug-likeness (QED) is 0.325. The molecule has 0 aromatic rings. The molecular weight excluding hydrogens is 420 g/mol. The van der Waals surface area contributed by atoms with Crippen molar-refractivity contribution in [3.05, 3.63) is 10.7 Å². The van der Waals surface area contributed by atoms with Crippen LogP contribution >= 0.6 is 0 Å². The third-order valence-corrected chi connectivity index (χ3v) is 6.43. The van der Waals surface area contributed by atoms with E-state index >= 15 is 0 Å². The van der Waals surface area contributed by atoms with Crippen LogP contribution in [0.5, 0.6) is 0 Å². The molecule has 15 heteroatoms. The van der Waals surface area contributed by atoms with Gasteiger partial charge < -0.3 is 5.11 Å². The summed E-state index contributed by atoms with van der Waals surface area (Å²) in [6.45, 7) is 1.07. The first kappa shape index (κ1) is 24.7. The monoisotopic (exact) mass is 435 g/mol. The number of hydrogen-bond donors (Lipinski definition) is 2. The molecule has 154 valence electrons. The molecule has 0 aromatic heterocycles. The van der Waals surface area contributed by atoms with E-state index in [1.54, 1.807) is 0 Å². The molecule has 26 heavy (non-hydrogen) atoms. The van der Waals surface area contributed by atoms with Crippen molar-refractivity contribution in [1.82, 2.24) is 4.72 Å². The number of sulfonamides is 1. The summed E-state index contributed by atoms with van der Waals surface area (Å²) in [5, 5.41) is -4.32. The molecule has 0 saturated heterocycles. The molecule has 0 amide bonds. The number of carbonyl (C=O) groups excluding carboxylic acids is 1. The highest BCUT2D eigenvalue weighted by Crippen LogP contribution is 2.52. The van der Waals surface area contributed by atoms with Crippen molar-refractivity contribution in [1.29, 1.82) is 0 Å². The second-order valence-electron chi connectivity index (χ2n) is 4.98. The van der Waals surface area contributed by atoms with E-state index < -0.39 is 59.3 Å². The third-order valence-electron chi connectivity index (χ3n) is 2.87. The largest absolute Gasteiger partial charge is 0.511 e. The van der Waals surface area contributed by atoms with Gasteiger partial charge >= 0.3 is 16.4 Å². The van der Waals surface area contributed by atoms with Crippen molar-refractivity contribution in [2.45, 2.75) is 43.6 Å². The van der Waals surface area contributed by atoms with Crippen LogP contribution in [0.3, 0.4) is 0 Å². The number of ketones is 1. The van der Waals surface area contributed by atoms with Gasteiger partial charge in [-0.25, -0.2) is 21.6 Å². The Morgan fingerprint density at radius 2 is 1.38 bits per heavy atom. The smallest absolute Gasteiger partial charge is 0.428 e. The van der Waals surface area contributed by atoms with Crippen LogP contribution < -0.4 is 4.72 Å². The van der Waals surface area contributed by atoms with E-state index in [0.29, 0.717) is 13.8 Å². The van der Waals surface area contributed by atoms with Crippen LogP contribution in [0.15, 0.2) is 10.7 Å². The van der Waals surface area contributed by atoms with Crippen LogP contribution in [0, 0.1) is 0 Å². The van der Waals surface area contributed by atoms with Gasteiger partial charge in [-0.1, -0.05) is 6.92 Å². The summed E-state index contributed by atoms with van der Waals surface area (Å²) in [7, 11) is -13.3. The number of carbonyl (C=O) groups is 1. The number of rotatable bonds is 9. The highest BCUT2D eigenvalue weighted by atomic mass is 32.2. The van der Waals surface area contributed by atoms with Gasteiger partial charge in [0.25, 0.3) is 19.9 Å². The number of hydrogen-bond acceptors (Lipinski definition) is 6. The molecule has 0 heterocycles. The molecular formula is C11H15F6NO6S2. The van der Waals surface area contributed by atoms with Gasteiger partial charge in [0.2, 0.25) is 0 Å². The highest BCUT2D eigenvalue weighted by molar-refractivity contribution is 7.97. The topological polar surface area (TPSA) is 118 Å². The summed E-state index contributed by atoms with van der Waals surface area (Å²) in [6.07, 6.45) is -0.170. The Morgan fingerprint density at radius 1 is 0.962 bits per heavy atom. The maximum Gasteiger partial charge on any atom is 0.428 e. The molecule has 0 aromatic carbocycles. The van der Waals surface area contributed by atoms with Gasteiger partial charge in [-0.2, -0.15) is 26.3 Å². The third kappa shape index (κ3) is 3.69. The normalized spacial score (nSPS) is 15.6. The van der Waals surface area contributed by atoms with Gasteiger partial charge in [0, 0.05) is 6.54 Å². The fourth-order valence-electron chi connectivity index (χ4n) is 1.60. The molecule has 0 aliphatic rings. The Hall–Kier alpha value is -1.35. The number of aliphatic hydroxyl groups excluding tert-OH is 1. The average Bonchev–Trinajstić information content (AvgIpc) is 2.42. The summed E-state index contributed by atoms with van der Waals surface area (Å²) in [5.41, 5.74) is 0. The number of nitrogens with one attached hydrogen (secondary N) is 1. The predicted molar refractivity (Wildman–Crippen MR) is 77.0 cm³/mol. The second-order valence-corrected chi connectivity index (χ2v) is 8.72. The molecule has 2 N–H and O–H groups in total. The number of halogens is 6. The first-order valence-electron chi connectivity index (χ1n) is 6.61. The lowest BCUT2D eigenvalue weighted by Gasteiger charge is -2.32. The number of alkyl halides is 6. The van der Waals surface area contributed by atoms with Gasteiger partial charge in [-0.15, -0.1) is 0 Å². The van der Waals surface area contributed by atoms with Crippen molar-refractivity contribution in [2.24, 2.45) is 0 Å². The lowest BCUT2D eigenvalue weighted by atomic mass is 10.3. The summed E-state index contributed by atoms with van der Waals surface area (Å²) >= 11 is 0. The zero-order chi connectivity index (χ0) is 21.4. The summed E-state index contributed by atoms with van der Waals surface area (Å²) < 4.78 is 129. The van der Waals surface area contributed by atoms with Gasteiger partial charge in [0.1, 0.15) is 5.76 Å². The van der Waals surface area contributed by atoms with E-state index in [2.05, 4.69) is 0 Å². The van der Waals surface area contributed by atoms with E-state index in [1.165, 1.54) is 6.92 Å². The molecule has 0 bridgehead atoms. The Morgan fingerprint density at radius 3 is 1.69 bits per heavy atom. The average molecular weight is 435 g/mol. The Kier molecular flexibility index (Phi) is 6.96. The maximum atomic E-state index is 13.9. The van der Waals surface area contributed by atoms with E-state index in [9.17, 15) is 48.0 Å². The van der Waals surface area contributed by atoms with Crippen LogP contribution in [0.4, 0.5) is 26.3 Å². The number of sulfone groups is 1. The molecule has 0 unspecified atom stereocenters. The lowest BCUT2D eigenvalue weighted by Crippen LogP contribution is -2.63. The zero-order valence-corrected chi connectivity index (χ0v) is 15.1. The number of aliphatic hydroxyl groups is 1. The molecule has 0 atom stereocenters. The van der Waals surface area contributed by atoms with Gasteiger partial charge in [-0.3, -0.25) is 4.79 Å². The van der Waals surface area contributed by atoms with Crippen molar-refractivity contribution < 1.29 is 53.1 Å². The van der Waals surface area contributed by atoms with Crippen LogP contribution in [0.25, 0.3) is 0 Å². The van der Waals surface area contributed by atoms with E-state index in [1.807, 2.05) is 0 Å². The second kappa shape index (κ2) is 7.34. The minimum absolute atomic E-state index is 0.170. The summed E-state index contributed by atoms with van der Waals surface area (Å²) in [5.74, 6) is -10.5. The SMILES string of the molecule is CCCNS(=O)(=O)C(F)(F)C(F)(F)C(F)(F)S(=O)(=O)/C(C(C)=O)=C(/C)O. The predicted octanol–water partition coefficient (Wildman–Crippen LogP) is 1.93. The first-order valence-corrected chi connectivity index (χ1v) is 9.57. The minimum Gasteiger partial charge on any atom is -0.511 e. The van der Waals surface area contributed by atoms with Crippen LogP contribution in [-0.4, -0.2) is 50.7 Å². The van der Waals surface area contributed by atoms with E-state index in [0.717, 1.165) is 4.72 Å². The van der Waals surface area contributed by atoms with Crippen molar-refractivity contribution in [3.63, 3.8) is 0 Å². The van der Waals surface area contributed by atoms with Crippen LogP contribution in [0.1, 0.15) is 27.2 Å². The Bertz CT molecular complexity index is 799. The standard InChI is InChI=1S/C11H15F6NO6S2/c1-4-5-18-26(23,24)11(16,17)9(12,13)10(14,15)25(21,22)8(6(2)19)7(3)20/h18-19H,4-5H2,1-3H3/b8-6-. The lowest BCUT2D eigenvalue weighted by molar-refractivity contribution is -0.243. The first-order chi connectivity index (χ1) is 11.3. The molecule has 0 aliphatic carbocycles. The van der Waals surface area contributed by atoms with Crippen molar-refractivity contribution in [3.8, 4) is 0 Å². The van der Waals surface area contributed by atoms with Crippen LogP contribution in [-0.2, 0) is 24.7 Å². The molecule has 0 radical (unpaired) electrons. The molecule has 0 aliphatic heterocycles. The van der Waals surface area contributed by atoms with Crippen molar-refractivity contribution in [2.75, 3.05) is 6.54 Å². The fourth-order valence-corrected chi connectivity index (χ4v) is 4.27. The summed E-state index contributed by atoms with van der Waals surface area (Å²) in [6, 6.07) is 0.